The van der Waals surface area contributed by atoms with Crippen molar-refractivity contribution in [2.45, 2.75) is 50.6 Å². The number of fused-ring (bicyclic) bond motifs is 3. The van der Waals surface area contributed by atoms with E-state index in [0.717, 1.165) is 66.9 Å². The van der Waals surface area contributed by atoms with Gasteiger partial charge in [0.1, 0.15) is 18.3 Å². The zero-order valence-corrected chi connectivity index (χ0v) is 20.1. The number of nitrogens with zero attached hydrogens (tertiary/aromatic N) is 3. The van der Waals surface area contributed by atoms with Gasteiger partial charge in [-0.05, 0) is 67.6 Å². The van der Waals surface area contributed by atoms with Gasteiger partial charge in [-0.2, -0.15) is 0 Å². The second kappa shape index (κ2) is 8.91. The largest absolute Gasteiger partial charge is 0.497 e. The molecule has 6 nitrogen and oxygen atoms in total. The van der Waals surface area contributed by atoms with Crippen LogP contribution < -0.4 is 9.64 Å². The Hall–Kier alpha value is -3.54. The average Bonchev–Trinajstić information content (AvgIpc) is 3.36. The van der Waals surface area contributed by atoms with Crippen LogP contribution in [0.25, 0.3) is 5.69 Å². The lowest BCUT2D eigenvalue weighted by Crippen LogP contribution is -2.48. The van der Waals surface area contributed by atoms with Crippen molar-refractivity contribution < 1.29 is 14.3 Å². The number of carbonyl (C=O) groups is 2. The summed E-state index contributed by atoms with van der Waals surface area (Å²) in [4.78, 5) is 31.4. The van der Waals surface area contributed by atoms with E-state index in [4.69, 9.17) is 4.74 Å². The number of ether oxygens (including phenoxy) is 1. The van der Waals surface area contributed by atoms with Crippen LogP contribution in [0, 0.1) is 5.92 Å². The molecule has 1 atom stereocenters. The minimum absolute atomic E-state index is 0.0380. The SMILES string of the molecule is COc1ccc(C2c3cccn3-c3ccccc3N2C(=O)CN(C(=O)C2CCCC2)C2CC2)cc1. The minimum Gasteiger partial charge on any atom is -0.497 e. The number of rotatable bonds is 6. The zero-order chi connectivity index (χ0) is 23.9. The maximum absolute atomic E-state index is 14.2. The van der Waals surface area contributed by atoms with Gasteiger partial charge in [-0.25, -0.2) is 0 Å². The van der Waals surface area contributed by atoms with Crippen molar-refractivity contribution in [3.05, 3.63) is 78.1 Å². The highest BCUT2D eigenvalue weighted by atomic mass is 16.5. The van der Waals surface area contributed by atoms with Crippen LogP contribution in [-0.4, -0.2) is 41.0 Å². The quantitative estimate of drug-likeness (QED) is 0.505. The molecular formula is C29H31N3O3. The van der Waals surface area contributed by atoms with Gasteiger partial charge in [0, 0.05) is 18.2 Å². The van der Waals surface area contributed by atoms with E-state index in [9.17, 15) is 9.59 Å². The molecule has 3 aromatic rings. The fourth-order valence-corrected chi connectivity index (χ4v) is 5.77. The first-order chi connectivity index (χ1) is 17.2. The molecule has 6 rings (SSSR count). The molecule has 0 N–H and O–H groups in total. The third-order valence-corrected chi connectivity index (χ3v) is 7.70. The molecule has 2 aromatic carbocycles. The van der Waals surface area contributed by atoms with Gasteiger partial charge in [0.15, 0.2) is 0 Å². The van der Waals surface area contributed by atoms with E-state index in [-0.39, 0.29) is 36.4 Å². The van der Waals surface area contributed by atoms with E-state index in [2.05, 4.69) is 10.6 Å². The van der Waals surface area contributed by atoms with Crippen LogP contribution in [0.2, 0.25) is 0 Å². The molecule has 0 radical (unpaired) electrons. The maximum Gasteiger partial charge on any atom is 0.247 e. The lowest BCUT2D eigenvalue weighted by Gasteiger charge is -2.39. The molecule has 2 aliphatic carbocycles. The van der Waals surface area contributed by atoms with Gasteiger partial charge >= 0.3 is 0 Å². The molecule has 1 aromatic heterocycles. The van der Waals surface area contributed by atoms with Crippen molar-refractivity contribution in [2.75, 3.05) is 18.6 Å². The normalized spacial score (nSPS) is 19.2. The van der Waals surface area contributed by atoms with E-state index in [0.29, 0.717) is 0 Å². The second-order valence-electron chi connectivity index (χ2n) is 9.91. The molecule has 2 saturated carbocycles. The van der Waals surface area contributed by atoms with E-state index in [1.54, 1.807) is 7.11 Å². The van der Waals surface area contributed by atoms with Gasteiger partial charge in [0.05, 0.1) is 24.2 Å². The molecule has 2 heterocycles. The van der Waals surface area contributed by atoms with E-state index >= 15 is 0 Å². The zero-order valence-electron chi connectivity index (χ0n) is 20.1. The molecule has 2 fully saturated rings. The number of methoxy groups -OCH3 is 1. The Morgan fingerprint density at radius 2 is 1.63 bits per heavy atom. The van der Waals surface area contributed by atoms with Crippen molar-refractivity contribution in [2.24, 2.45) is 5.92 Å². The average molecular weight is 470 g/mol. The van der Waals surface area contributed by atoms with Crippen LogP contribution in [0.5, 0.6) is 5.75 Å². The van der Waals surface area contributed by atoms with Crippen LogP contribution in [0.3, 0.4) is 0 Å². The first-order valence-electron chi connectivity index (χ1n) is 12.7. The highest BCUT2D eigenvalue weighted by Crippen LogP contribution is 2.43. The number of hydrogen-bond donors (Lipinski definition) is 0. The maximum atomic E-state index is 14.2. The minimum atomic E-state index is -0.291. The van der Waals surface area contributed by atoms with Crippen molar-refractivity contribution in [3.8, 4) is 11.4 Å². The van der Waals surface area contributed by atoms with Crippen LogP contribution in [0.15, 0.2) is 66.9 Å². The number of hydrogen-bond acceptors (Lipinski definition) is 3. The molecule has 0 spiro atoms. The number of anilines is 1. The van der Waals surface area contributed by atoms with E-state index in [1.807, 2.05) is 70.6 Å². The number of carbonyl (C=O) groups excluding carboxylic acids is 2. The van der Waals surface area contributed by atoms with Gasteiger partial charge in [-0.15, -0.1) is 0 Å². The number of benzene rings is 2. The molecule has 180 valence electrons. The summed E-state index contributed by atoms with van der Waals surface area (Å²) >= 11 is 0. The predicted octanol–water partition coefficient (Wildman–Crippen LogP) is 5.10. The lowest BCUT2D eigenvalue weighted by molar-refractivity contribution is -0.139. The number of amides is 2. The van der Waals surface area contributed by atoms with Crippen molar-refractivity contribution in [3.63, 3.8) is 0 Å². The number of para-hydroxylation sites is 2. The molecule has 0 saturated heterocycles. The number of aromatic nitrogens is 1. The molecule has 1 unspecified atom stereocenters. The Morgan fingerprint density at radius 1 is 0.914 bits per heavy atom. The molecule has 0 bridgehead atoms. The summed E-state index contributed by atoms with van der Waals surface area (Å²) in [6.07, 6.45) is 8.15. The van der Waals surface area contributed by atoms with Gasteiger partial charge in [-0.3, -0.25) is 14.5 Å². The topological polar surface area (TPSA) is 54.8 Å². The third-order valence-electron chi connectivity index (χ3n) is 7.70. The predicted molar refractivity (Wildman–Crippen MR) is 135 cm³/mol. The Morgan fingerprint density at radius 3 is 2.31 bits per heavy atom. The summed E-state index contributed by atoms with van der Waals surface area (Å²) in [6, 6.07) is 20.0. The summed E-state index contributed by atoms with van der Waals surface area (Å²) in [5.41, 5.74) is 3.88. The molecular weight excluding hydrogens is 438 g/mol. The lowest BCUT2D eigenvalue weighted by atomic mass is 9.97. The summed E-state index contributed by atoms with van der Waals surface area (Å²) in [5.74, 6) is 0.990. The van der Waals surface area contributed by atoms with Crippen LogP contribution in [-0.2, 0) is 9.59 Å². The molecule has 6 heteroatoms. The van der Waals surface area contributed by atoms with Gasteiger partial charge in [0.2, 0.25) is 11.8 Å². The summed E-state index contributed by atoms with van der Waals surface area (Å²) in [7, 11) is 1.65. The summed E-state index contributed by atoms with van der Waals surface area (Å²) < 4.78 is 7.54. The Kier molecular flexibility index (Phi) is 5.59. The highest BCUT2D eigenvalue weighted by Gasteiger charge is 2.41. The monoisotopic (exact) mass is 469 g/mol. The van der Waals surface area contributed by atoms with Gasteiger partial charge < -0.3 is 14.2 Å². The Labute approximate surface area is 206 Å². The molecule has 1 aliphatic heterocycles. The van der Waals surface area contributed by atoms with Gasteiger partial charge in [-0.1, -0.05) is 37.1 Å². The second-order valence-corrected chi connectivity index (χ2v) is 9.91. The first-order valence-corrected chi connectivity index (χ1v) is 12.7. The Bertz CT molecular complexity index is 1240. The van der Waals surface area contributed by atoms with Crippen LogP contribution in [0.4, 0.5) is 5.69 Å². The fraction of sp³-hybridized carbons (Fsp3) is 0.379. The smallest absolute Gasteiger partial charge is 0.247 e. The van der Waals surface area contributed by atoms with Crippen LogP contribution in [0.1, 0.15) is 55.8 Å². The van der Waals surface area contributed by atoms with Crippen molar-refractivity contribution in [1.29, 1.82) is 0 Å². The first kappa shape index (κ1) is 22.0. The van der Waals surface area contributed by atoms with E-state index < -0.39 is 0 Å². The fourth-order valence-electron chi connectivity index (χ4n) is 5.77. The van der Waals surface area contributed by atoms with Crippen molar-refractivity contribution in [1.82, 2.24) is 9.47 Å². The van der Waals surface area contributed by atoms with E-state index in [1.165, 1.54) is 0 Å². The van der Waals surface area contributed by atoms with Crippen molar-refractivity contribution >= 4 is 17.5 Å². The Balaban J connectivity index is 1.39. The molecule has 2 amide bonds. The van der Waals surface area contributed by atoms with Crippen LogP contribution >= 0.6 is 0 Å². The third kappa shape index (κ3) is 3.91. The highest BCUT2D eigenvalue weighted by molar-refractivity contribution is 6.00. The van der Waals surface area contributed by atoms with Gasteiger partial charge in [0.25, 0.3) is 0 Å². The molecule has 35 heavy (non-hydrogen) atoms. The summed E-state index contributed by atoms with van der Waals surface area (Å²) in [6.45, 7) is 0.127. The molecule has 3 aliphatic rings. The summed E-state index contributed by atoms with van der Waals surface area (Å²) in [5, 5.41) is 0. The standard InChI is InChI=1S/C29H31N3O3/c1-35-23-16-12-20(13-17-23)28-26-11-6-18-30(26)24-9-4-5-10-25(24)32(28)27(33)19-31(22-14-15-22)29(34)21-7-2-3-8-21/h4-6,9-13,16-18,21-22,28H,2-3,7-8,14-15,19H2,1H3.